The number of allylic oxidation sites excluding steroid dienone is 2. The van der Waals surface area contributed by atoms with Crippen LogP contribution in [0.1, 0.15) is 33.6 Å². The summed E-state index contributed by atoms with van der Waals surface area (Å²) in [6.07, 6.45) is 3.77. The van der Waals surface area contributed by atoms with Crippen LogP contribution in [0.2, 0.25) is 0 Å². The summed E-state index contributed by atoms with van der Waals surface area (Å²) < 4.78 is 0. The third kappa shape index (κ3) is 7.10. The van der Waals surface area contributed by atoms with Crippen LogP contribution in [0.5, 0.6) is 0 Å². The molecule has 2 nitrogen and oxygen atoms in total. The van der Waals surface area contributed by atoms with Gasteiger partial charge in [-0.15, -0.1) is 0 Å². The van der Waals surface area contributed by atoms with Crippen LogP contribution < -0.4 is 5.32 Å². The quantitative estimate of drug-likeness (QED) is 0.656. The van der Waals surface area contributed by atoms with E-state index in [1.165, 1.54) is 0 Å². The number of Topliss-reactive ketones (excluding diaryl/α,β-unsaturated/α-hetero) is 1. The lowest BCUT2D eigenvalue weighted by molar-refractivity contribution is -0.116. The van der Waals surface area contributed by atoms with Crippen LogP contribution in [0, 0.1) is 0 Å². The molecule has 0 fully saturated rings. The molecule has 0 aromatic rings. The van der Waals surface area contributed by atoms with Crippen molar-refractivity contribution >= 4 is 5.78 Å². The molecule has 11 heavy (non-hydrogen) atoms. The van der Waals surface area contributed by atoms with Crippen LogP contribution in [0.3, 0.4) is 0 Å². The van der Waals surface area contributed by atoms with E-state index < -0.39 is 0 Å². The Labute approximate surface area is 68.7 Å². The van der Waals surface area contributed by atoms with Gasteiger partial charge in [0.05, 0.1) is 0 Å². The van der Waals surface area contributed by atoms with Gasteiger partial charge >= 0.3 is 0 Å². The van der Waals surface area contributed by atoms with E-state index in [9.17, 15) is 4.79 Å². The minimum absolute atomic E-state index is 0.238. The molecule has 0 rings (SSSR count). The number of ketones is 1. The summed E-state index contributed by atoms with van der Waals surface area (Å²) in [6, 6.07) is 0. The van der Waals surface area contributed by atoms with E-state index in [1.807, 2.05) is 6.92 Å². The first kappa shape index (κ1) is 10.2. The highest BCUT2D eigenvalue weighted by Gasteiger charge is 1.91. The average molecular weight is 155 g/mol. The second-order valence-electron chi connectivity index (χ2n) is 2.67. The van der Waals surface area contributed by atoms with Gasteiger partial charge in [-0.05, 0) is 20.3 Å². The molecule has 0 aliphatic carbocycles. The molecule has 0 amide bonds. The summed E-state index contributed by atoms with van der Waals surface area (Å²) >= 11 is 0. The molecule has 0 unspecified atom stereocenters. The molecule has 0 saturated carbocycles. The topological polar surface area (TPSA) is 29.1 Å². The highest BCUT2D eigenvalue weighted by Crippen LogP contribution is 1.90. The van der Waals surface area contributed by atoms with E-state index in [4.69, 9.17) is 0 Å². The standard InChI is InChI=1S/C9H17NO/c1-4-5-8(2)10-7-6-9(3)11/h5,10H,4,6-7H2,1-3H3. The predicted octanol–water partition coefficient (Wildman–Crippen LogP) is 1.87. The maximum absolute atomic E-state index is 10.5. The van der Waals surface area contributed by atoms with Gasteiger partial charge in [0.15, 0.2) is 0 Å². The lowest BCUT2D eigenvalue weighted by Crippen LogP contribution is -2.14. The zero-order chi connectivity index (χ0) is 8.69. The summed E-state index contributed by atoms with van der Waals surface area (Å²) in [5.41, 5.74) is 1.16. The maximum atomic E-state index is 10.5. The molecule has 0 radical (unpaired) electrons. The zero-order valence-electron chi connectivity index (χ0n) is 7.61. The Balaban J connectivity index is 3.38. The molecule has 2 heteroatoms. The Hall–Kier alpha value is -0.790. The van der Waals surface area contributed by atoms with Crippen molar-refractivity contribution in [2.45, 2.75) is 33.6 Å². The number of rotatable bonds is 5. The highest BCUT2D eigenvalue weighted by atomic mass is 16.1. The molecule has 0 aromatic heterocycles. The van der Waals surface area contributed by atoms with Crippen molar-refractivity contribution in [3.8, 4) is 0 Å². The molecule has 0 aromatic carbocycles. The Morgan fingerprint density at radius 1 is 1.45 bits per heavy atom. The average Bonchev–Trinajstić information content (AvgIpc) is 1.87. The van der Waals surface area contributed by atoms with E-state index in [2.05, 4.69) is 18.3 Å². The number of nitrogens with one attached hydrogen (secondary N) is 1. The van der Waals surface area contributed by atoms with Gasteiger partial charge in [-0.2, -0.15) is 0 Å². The monoisotopic (exact) mass is 155 g/mol. The first-order valence-electron chi connectivity index (χ1n) is 4.07. The summed E-state index contributed by atoms with van der Waals surface area (Å²) in [6.45, 7) is 6.48. The minimum atomic E-state index is 0.238. The third-order valence-corrected chi connectivity index (χ3v) is 1.39. The second-order valence-corrected chi connectivity index (χ2v) is 2.67. The van der Waals surface area contributed by atoms with Crippen LogP contribution >= 0.6 is 0 Å². The fourth-order valence-electron chi connectivity index (χ4n) is 0.814. The number of hydrogen-bond donors (Lipinski definition) is 1. The first-order chi connectivity index (χ1) is 5.16. The molecule has 1 N–H and O–H groups in total. The van der Waals surface area contributed by atoms with Gasteiger partial charge in [-0.1, -0.05) is 13.0 Å². The molecule has 0 aliphatic heterocycles. The maximum Gasteiger partial charge on any atom is 0.131 e. The van der Waals surface area contributed by atoms with E-state index in [0.29, 0.717) is 6.42 Å². The van der Waals surface area contributed by atoms with Crippen LogP contribution in [-0.2, 0) is 4.79 Å². The number of carbonyl (C=O) groups excluding carboxylic acids is 1. The van der Waals surface area contributed by atoms with Gasteiger partial charge in [0, 0.05) is 18.7 Å². The minimum Gasteiger partial charge on any atom is -0.388 e. The molecule has 0 heterocycles. The summed E-state index contributed by atoms with van der Waals surface area (Å²) in [5, 5.41) is 3.16. The van der Waals surface area contributed by atoms with Gasteiger partial charge in [0.25, 0.3) is 0 Å². The molecule has 64 valence electrons. The zero-order valence-corrected chi connectivity index (χ0v) is 7.61. The molecular weight excluding hydrogens is 138 g/mol. The van der Waals surface area contributed by atoms with Crippen molar-refractivity contribution in [2.24, 2.45) is 0 Å². The fraction of sp³-hybridized carbons (Fsp3) is 0.667. The van der Waals surface area contributed by atoms with Crippen molar-refractivity contribution in [3.05, 3.63) is 11.8 Å². The Bertz CT molecular complexity index is 150. The van der Waals surface area contributed by atoms with E-state index in [1.54, 1.807) is 6.92 Å². The van der Waals surface area contributed by atoms with Crippen molar-refractivity contribution in [1.29, 1.82) is 0 Å². The molecule has 0 saturated heterocycles. The fourth-order valence-corrected chi connectivity index (χ4v) is 0.814. The number of hydrogen-bond acceptors (Lipinski definition) is 2. The molecule has 0 bridgehead atoms. The van der Waals surface area contributed by atoms with Crippen LogP contribution in [0.4, 0.5) is 0 Å². The van der Waals surface area contributed by atoms with E-state index in [0.717, 1.165) is 18.7 Å². The van der Waals surface area contributed by atoms with Gasteiger partial charge in [-0.3, -0.25) is 4.79 Å². The summed E-state index contributed by atoms with van der Waals surface area (Å²) in [4.78, 5) is 10.5. The van der Waals surface area contributed by atoms with Gasteiger partial charge < -0.3 is 5.32 Å². The van der Waals surface area contributed by atoms with Crippen LogP contribution in [0.15, 0.2) is 11.8 Å². The molecule has 0 spiro atoms. The summed E-state index contributed by atoms with van der Waals surface area (Å²) in [7, 11) is 0. The highest BCUT2D eigenvalue weighted by molar-refractivity contribution is 5.75. The van der Waals surface area contributed by atoms with Crippen molar-refractivity contribution in [2.75, 3.05) is 6.54 Å². The van der Waals surface area contributed by atoms with Crippen molar-refractivity contribution in [1.82, 2.24) is 5.32 Å². The smallest absolute Gasteiger partial charge is 0.131 e. The van der Waals surface area contributed by atoms with Crippen molar-refractivity contribution < 1.29 is 4.79 Å². The van der Waals surface area contributed by atoms with E-state index in [-0.39, 0.29) is 5.78 Å². The van der Waals surface area contributed by atoms with Gasteiger partial charge in [0.1, 0.15) is 5.78 Å². The predicted molar refractivity (Wildman–Crippen MR) is 47.3 cm³/mol. The Kier molecular flexibility index (Phi) is 5.53. The van der Waals surface area contributed by atoms with Crippen LogP contribution in [-0.4, -0.2) is 12.3 Å². The van der Waals surface area contributed by atoms with E-state index >= 15 is 0 Å². The van der Waals surface area contributed by atoms with Gasteiger partial charge in [-0.25, -0.2) is 0 Å². The molecule has 0 aliphatic rings. The first-order valence-corrected chi connectivity index (χ1v) is 4.07. The van der Waals surface area contributed by atoms with Crippen LogP contribution in [0.25, 0.3) is 0 Å². The lowest BCUT2D eigenvalue weighted by Gasteiger charge is -2.03. The van der Waals surface area contributed by atoms with Crippen molar-refractivity contribution in [3.63, 3.8) is 0 Å². The van der Waals surface area contributed by atoms with Gasteiger partial charge in [0.2, 0.25) is 0 Å². The third-order valence-electron chi connectivity index (χ3n) is 1.39. The SMILES string of the molecule is CCC=C(C)NCCC(C)=O. The lowest BCUT2D eigenvalue weighted by atomic mass is 10.3. The Morgan fingerprint density at radius 2 is 2.09 bits per heavy atom. The Morgan fingerprint density at radius 3 is 2.55 bits per heavy atom. The molecular formula is C9H17NO. The largest absolute Gasteiger partial charge is 0.388 e. The molecule has 0 atom stereocenters. The normalized spacial score (nSPS) is 11.4. The second kappa shape index (κ2) is 5.96. The summed E-state index contributed by atoms with van der Waals surface area (Å²) in [5.74, 6) is 0.238. The number of carbonyl (C=O) groups is 1.